The lowest BCUT2D eigenvalue weighted by atomic mass is 10.0. The zero-order valence-electron chi connectivity index (χ0n) is 10.9. The van der Waals surface area contributed by atoms with Gasteiger partial charge in [0.2, 0.25) is 0 Å². The average molecular weight is 287 g/mol. The van der Waals surface area contributed by atoms with E-state index in [1.165, 1.54) is 12.8 Å². The van der Waals surface area contributed by atoms with Crippen molar-refractivity contribution in [3.63, 3.8) is 0 Å². The highest BCUT2D eigenvalue weighted by Crippen LogP contribution is 2.35. The maximum atomic E-state index is 6.31. The summed E-state index contributed by atoms with van der Waals surface area (Å²) in [5, 5.41) is 5.06. The average Bonchev–Trinajstić information content (AvgIpc) is 2.33. The standard InChI is InChI=1S/C14H20Cl2N2/c1-3-5-11-9-18(10(2)8-17-11)14-12(15)6-4-7-13(14)16/h4,6-7,10-11,17H,3,5,8-9H2,1-2H3. The summed E-state index contributed by atoms with van der Waals surface area (Å²) in [5.74, 6) is 0. The van der Waals surface area contributed by atoms with E-state index in [0.29, 0.717) is 12.1 Å². The Kier molecular flexibility index (Phi) is 4.77. The predicted molar refractivity (Wildman–Crippen MR) is 80.0 cm³/mol. The molecule has 0 radical (unpaired) electrons. The number of nitrogens with zero attached hydrogens (tertiary/aromatic N) is 1. The fraction of sp³-hybridized carbons (Fsp3) is 0.571. The Hall–Kier alpha value is -0.440. The van der Waals surface area contributed by atoms with Gasteiger partial charge in [0, 0.05) is 25.2 Å². The van der Waals surface area contributed by atoms with Gasteiger partial charge in [-0.05, 0) is 25.5 Å². The van der Waals surface area contributed by atoms with Crippen LogP contribution in [0.3, 0.4) is 0 Å². The second-order valence-corrected chi connectivity index (χ2v) is 5.78. The van der Waals surface area contributed by atoms with Gasteiger partial charge in [-0.1, -0.05) is 42.6 Å². The maximum absolute atomic E-state index is 6.31. The number of anilines is 1. The van der Waals surface area contributed by atoms with Gasteiger partial charge in [-0.15, -0.1) is 0 Å². The third kappa shape index (κ3) is 2.93. The minimum atomic E-state index is 0.413. The van der Waals surface area contributed by atoms with Crippen molar-refractivity contribution in [2.75, 3.05) is 18.0 Å². The quantitative estimate of drug-likeness (QED) is 0.905. The molecule has 0 bridgehead atoms. The van der Waals surface area contributed by atoms with E-state index in [1.54, 1.807) is 0 Å². The Labute approximate surface area is 119 Å². The van der Waals surface area contributed by atoms with Gasteiger partial charge in [0.1, 0.15) is 0 Å². The molecule has 2 unspecified atom stereocenters. The van der Waals surface area contributed by atoms with Gasteiger partial charge in [0.15, 0.2) is 0 Å². The molecule has 0 spiro atoms. The maximum Gasteiger partial charge on any atom is 0.0748 e. The highest BCUT2D eigenvalue weighted by atomic mass is 35.5. The molecule has 4 heteroatoms. The van der Waals surface area contributed by atoms with Gasteiger partial charge in [-0.2, -0.15) is 0 Å². The lowest BCUT2D eigenvalue weighted by molar-refractivity contribution is 0.386. The number of rotatable bonds is 3. The normalized spacial score (nSPS) is 24.3. The smallest absolute Gasteiger partial charge is 0.0748 e. The molecule has 0 amide bonds. The third-order valence-electron chi connectivity index (χ3n) is 3.51. The highest BCUT2D eigenvalue weighted by molar-refractivity contribution is 6.39. The van der Waals surface area contributed by atoms with Crippen molar-refractivity contribution in [2.24, 2.45) is 0 Å². The molecule has 1 fully saturated rings. The summed E-state index contributed by atoms with van der Waals surface area (Å²) in [6.45, 7) is 6.37. The molecule has 2 nitrogen and oxygen atoms in total. The zero-order chi connectivity index (χ0) is 13.1. The minimum Gasteiger partial charge on any atom is -0.364 e. The van der Waals surface area contributed by atoms with Crippen LogP contribution in [-0.4, -0.2) is 25.2 Å². The highest BCUT2D eigenvalue weighted by Gasteiger charge is 2.27. The lowest BCUT2D eigenvalue weighted by Gasteiger charge is -2.41. The molecule has 1 aliphatic heterocycles. The van der Waals surface area contributed by atoms with Crippen molar-refractivity contribution in [1.82, 2.24) is 5.32 Å². The van der Waals surface area contributed by atoms with Crippen LogP contribution in [0.25, 0.3) is 0 Å². The van der Waals surface area contributed by atoms with E-state index in [-0.39, 0.29) is 0 Å². The Morgan fingerprint density at radius 3 is 2.61 bits per heavy atom. The molecule has 1 saturated heterocycles. The van der Waals surface area contributed by atoms with E-state index < -0.39 is 0 Å². The molecule has 1 aliphatic rings. The molecule has 1 N–H and O–H groups in total. The fourth-order valence-electron chi connectivity index (χ4n) is 2.55. The first-order valence-electron chi connectivity index (χ1n) is 6.57. The minimum absolute atomic E-state index is 0.413. The van der Waals surface area contributed by atoms with Crippen LogP contribution in [0.2, 0.25) is 10.0 Å². The third-order valence-corrected chi connectivity index (χ3v) is 4.12. The molecule has 100 valence electrons. The van der Waals surface area contributed by atoms with E-state index in [4.69, 9.17) is 23.2 Å². The molecule has 1 aromatic rings. The number of hydrogen-bond acceptors (Lipinski definition) is 2. The van der Waals surface area contributed by atoms with Crippen molar-refractivity contribution >= 4 is 28.9 Å². The number of benzene rings is 1. The summed E-state index contributed by atoms with van der Waals surface area (Å²) in [5.41, 5.74) is 0.982. The summed E-state index contributed by atoms with van der Waals surface area (Å²) in [4.78, 5) is 2.33. The Morgan fingerprint density at radius 2 is 2.00 bits per heavy atom. The van der Waals surface area contributed by atoms with Crippen LogP contribution in [0.1, 0.15) is 26.7 Å². The van der Waals surface area contributed by atoms with Crippen LogP contribution >= 0.6 is 23.2 Å². The van der Waals surface area contributed by atoms with Crippen molar-refractivity contribution in [2.45, 2.75) is 38.8 Å². The van der Waals surface area contributed by atoms with Gasteiger partial charge >= 0.3 is 0 Å². The van der Waals surface area contributed by atoms with Gasteiger partial charge in [0.05, 0.1) is 15.7 Å². The number of hydrogen-bond donors (Lipinski definition) is 1. The second kappa shape index (κ2) is 6.14. The van der Waals surface area contributed by atoms with Crippen molar-refractivity contribution in [3.05, 3.63) is 28.2 Å². The van der Waals surface area contributed by atoms with Crippen molar-refractivity contribution < 1.29 is 0 Å². The molecule has 0 aromatic heterocycles. The Morgan fingerprint density at radius 1 is 1.33 bits per heavy atom. The first kappa shape index (κ1) is 14.0. The lowest BCUT2D eigenvalue weighted by Crippen LogP contribution is -2.55. The Bertz CT molecular complexity index is 389. The first-order chi connectivity index (χ1) is 8.63. The molecule has 2 rings (SSSR count). The molecular formula is C14H20Cl2N2. The van der Waals surface area contributed by atoms with E-state index >= 15 is 0 Å². The molecule has 1 heterocycles. The number of para-hydroxylation sites is 1. The zero-order valence-corrected chi connectivity index (χ0v) is 12.4. The topological polar surface area (TPSA) is 15.3 Å². The van der Waals surface area contributed by atoms with Gasteiger partial charge in [0.25, 0.3) is 0 Å². The van der Waals surface area contributed by atoms with Crippen molar-refractivity contribution in [3.8, 4) is 0 Å². The second-order valence-electron chi connectivity index (χ2n) is 4.97. The van der Waals surface area contributed by atoms with Crippen LogP contribution in [-0.2, 0) is 0 Å². The summed E-state index contributed by atoms with van der Waals surface area (Å²) in [6.07, 6.45) is 2.38. The molecule has 2 atom stereocenters. The van der Waals surface area contributed by atoms with E-state index in [9.17, 15) is 0 Å². The fourth-order valence-corrected chi connectivity index (χ4v) is 3.16. The van der Waals surface area contributed by atoms with E-state index in [0.717, 1.165) is 28.8 Å². The summed E-state index contributed by atoms with van der Waals surface area (Å²) in [6, 6.07) is 6.65. The number of halogens is 2. The van der Waals surface area contributed by atoms with Crippen LogP contribution in [0, 0.1) is 0 Å². The summed E-state index contributed by atoms with van der Waals surface area (Å²) < 4.78 is 0. The van der Waals surface area contributed by atoms with Crippen LogP contribution in [0.5, 0.6) is 0 Å². The molecule has 0 aliphatic carbocycles. The van der Waals surface area contributed by atoms with Gasteiger partial charge in [-0.25, -0.2) is 0 Å². The summed E-state index contributed by atoms with van der Waals surface area (Å²) in [7, 11) is 0. The van der Waals surface area contributed by atoms with Gasteiger partial charge < -0.3 is 10.2 Å². The SMILES string of the molecule is CCCC1CN(c2c(Cl)cccc2Cl)C(C)CN1. The Balaban J connectivity index is 2.24. The summed E-state index contributed by atoms with van der Waals surface area (Å²) >= 11 is 12.6. The largest absolute Gasteiger partial charge is 0.364 e. The van der Waals surface area contributed by atoms with Gasteiger partial charge in [-0.3, -0.25) is 0 Å². The molecule has 0 saturated carbocycles. The number of nitrogens with one attached hydrogen (secondary N) is 1. The van der Waals surface area contributed by atoms with Crippen LogP contribution in [0.15, 0.2) is 18.2 Å². The molecule has 1 aromatic carbocycles. The van der Waals surface area contributed by atoms with E-state index in [2.05, 4.69) is 24.1 Å². The molecular weight excluding hydrogens is 267 g/mol. The first-order valence-corrected chi connectivity index (χ1v) is 7.33. The van der Waals surface area contributed by atoms with Crippen LogP contribution < -0.4 is 10.2 Å². The monoisotopic (exact) mass is 286 g/mol. The van der Waals surface area contributed by atoms with Crippen LogP contribution in [0.4, 0.5) is 5.69 Å². The van der Waals surface area contributed by atoms with Crippen molar-refractivity contribution in [1.29, 1.82) is 0 Å². The van der Waals surface area contributed by atoms with E-state index in [1.807, 2.05) is 18.2 Å². The molecule has 18 heavy (non-hydrogen) atoms. The predicted octanol–water partition coefficient (Wildman–Crippen LogP) is 3.96. The number of piperazine rings is 1.